The van der Waals surface area contributed by atoms with E-state index in [1.54, 1.807) is 16.7 Å². The molecule has 1 amide bonds. The molecule has 126 valence electrons. The Balaban J connectivity index is 1.68. The van der Waals surface area contributed by atoms with E-state index in [0.29, 0.717) is 6.61 Å². The first-order chi connectivity index (χ1) is 11.2. The van der Waals surface area contributed by atoms with Crippen molar-refractivity contribution < 1.29 is 14.4 Å². The second-order valence-electron chi connectivity index (χ2n) is 6.37. The van der Waals surface area contributed by atoms with Crippen molar-refractivity contribution in [3.63, 3.8) is 0 Å². The number of ether oxygens (including phenoxy) is 1. The summed E-state index contributed by atoms with van der Waals surface area (Å²) in [5.74, 6) is 1.18. The van der Waals surface area contributed by atoms with Crippen LogP contribution in [0.3, 0.4) is 0 Å². The molecule has 1 aromatic carbocycles. The van der Waals surface area contributed by atoms with Crippen LogP contribution >= 0.6 is 11.8 Å². The van der Waals surface area contributed by atoms with Crippen molar-refractivity contribution in [3.8, 4) is 5.75 Å². The number of nitrogens with one attached hydrogen (secondary N) is 1. The Hall–Kier alpha value is -1.20. The van der Waals surface area contributed by atoms with E-state index in [4.69, 9.17) is 4.74 Å². The first-order valence-electron chi connectivity index (χ1n) is 8.71. The minimum atomic E-state index is 0.0557. The van der Waals surface area contributed by atoms with Crippen molar-refractivity contribution in [2.24, 2.45) is 0 Å². The molecule has 23 heavy (non-hydrogen) atoms. The molecule has 2 heterocycles. The molecule has 0 aromatic heterocycles. The molecule has 0 saturated carbocycles. The minimum absolute atomic E-state index is 0.0557. The predicted molar refractivity (Wildman–Crippen MR) is 93.9 cm³/mol. The van der Waals surface area contributed by atoms with Gasteiger partial charge in [-0.05, 0) is 31.5 Å². The van der Waals surface area contributed by atoms with Crippen molar-refractivity contribution >= 4 is 17.7 Å². The number of hydrogen-bond acceptors (Lipinski definition) is 3. The molecule has 4 nitrogen and oxygen atoms in total. The van der Waals surface area contributed by atoms with Crippen LogP contribution in [0, 0.1) is 0 Å². The number of quaternary nitrogens is 1. The smallest absolute Gasteiger partial charge is 0.236 e. The maximum atomic E-state index is 12.5. The lowest BCUT2D eigenvalue weighted by molar-refractivity contribution is -0.886. The summed E-state index contributed by atoms with van der Waals surface area (Å²) >= 11 is 1.76. The zero-order valence-corrected chi connectivity index (χ0v) is 14.9. The summed E-state index contributed by atoms with van der Waals surface area (Å²) < 4.78 is 5.52. The fourth-order valence-electron chi connectivity index (χ4n) is 3.46. The van der Waals surface area contributed by atoms with Gasteiger partial charge in [-0.2, -0.15) is 0 Å². The Bertz CT molecular complexity index is 528. The second-order valence-corrected chi connectivity index (χ2v) is 7.80. The lowest BCUT2D eigenvalue weighted by Gasteiger charge is -2.25. The first-order valence-corrected chi connectivity index (χ1v) is 9.65. The van der Waals surface area contributed by atoms with Gasteiger partial charge in [0.2, 0.25) is 5.91 Å². The van der Waals surface area contributed by atoms with Crippen LogP contribution in [0.5, 0.6) is 5.75 Å². The number of carbonyl (C=O) groups excluding carboxylic acids is 1. The fraction of sp³-hybridized carbons (Fsp3) is 0.611. The van der Waals surface area contributed by atoms with Crippen LogP contribution in [0.15, 0.2) is 24.3 Å². The van der Waals surface area contributed by atoms with E-state index >= 15 is 0 Å². The normalized spacial score (nSPS) is 25.3. The van der Waals surface area contributed by atoms with Crippen LogP contribution in [0.25, 0.3) is 0 Å². The molecule has 5 heteroatoms. The van der Waals surface area contributed by atoms with E-state index in [9.17, 15) is 4.79 Å². The van der Waals surface area contributed by atoms with Gasteiger partial charge in [0.15, 0.2) is 0 Å². The molecule has 2 aliphatic rings. The van der Waals surface area contributed by atoms with E-state index in [1.807, 2.05) is 26.0 Å². The third kappa shape index (κ3) is 3.83. The van der Waals surface area contributed by atoms with Gasteiger partial charge in [0, 0.05) is 12.8 Å². The van der Waals surface area contributed by atoms with Crippen LogP contribution in [0.2, 0.25) is 0 Å². The third-order valence-corrected chi connectivity index (χ3v) is 6.13. The Morgan fingerprint density at radius 3 is 2.61 bits per heavy atom. The highest BCUT2D eigenvalue weighted by molar-refractivity contribution is 8.01. The van der Waals surface area contributed by atoms with Crippen LogP contribution < -0.4 is 9.64 Å². The lowest BCUT2D eigenvalue weighted by Crippen LogP contribution is -3.10. The molecule has 0 aliphatic carbocycles. The van der Waals surface area contributed by atoms with E-state index in [2.05, 4.69) is 17.0 Å². The van der Waals surface area contributed by atoms with Crippen molar-refractivity contribution in [1.82, 2.24) is 4.90 Å². The molecule has 2 saturated heterocycles. The summed E-state index contributed by atoms with van der Waals surface area (Å²) in [6, 6.07) is 8.22. The monoisotopic (exact) mass is 335 g/mol. The Morgan fingerprint density at radius 1 is 1.26 bits per heavy atom. The molecule has 0 unspecified atom stereocenters. The summed E-state index contributed by atoms with van der Waals surface area (Å²) in [6.45, 7) is 9.16. The van der Waals surface area contributed by atoms with E-state index in [1.165, 1.54) is 31.5 Å². The van der Waals surface area contributed by atoms with Gasteiger partial charge in [-0.3, -0.25) is 4.79 Å². The molecule has 0 radical (unpaired) electrons. The fourth-order valence-corrected chi connectivity index (χ4v) is 4.77. The van der Waals surface area contributed by atoms with Crippen molar-refractivity contribution in [1.29, 1.82) is 0 Å². The molecular weight excluding hydrogens is 308 g/mol. The van der Waals surface area contributed by atoms with E-state index < -0.39 is 0 Å². The van der Waals surface area contributed by atoms with Gasteiger partial charge < -0.3 is 14.5 Å². The highest BCUT2D eigenvalue weighted by atomic mass is 32.2. The SMILES string of the molecule is CCOc1ccc([C@@H]2S[C@@H](C)C(=O)N2CC[NH+]2CCCC2)cc1. The molecule has 1 aromatic rings. The average molecular weight is 335 g/mol. The van der Waals surface area contributed by atoms with Gasteiger partial charge in [0.1, 0.15) is 11.1 Å². The zero-order valence-electron chi connectivity index (χ0n) is 14.1. The summed E-state index contributed by atoms with van der Waals surface area (Å²) in [4.78, 5) is 16.3. The summed E-state index contributed by atoms with van der Waals surface area (Å²) in [5, 5.41) is 0.204. The standard InChI is InChI=1S/C18H26N2O2S/c1-3-22-16-8-6-15(7-9-16)18-20(17(21)14(2)23-18)13-12-19-10-4-5-11-19/h6-9,14,18H,3-5,10-13H2,1-2H3/p+1/t14-,18-/m0/s1. The largest absolute Gasteiger partial charge is 0.494 e. The van der Waals surface area contributed by atoms with Crippen LogP contribution in [0.4, 0.5) is 0 Å². The van der Waals surface area contributed by atoms with Crippen LogP contribution in [-0.2, 0) is 4.79 Å². The number of likely N-dealkylation sites (tertiary alicyclic amines) is 1. The lowest BCUT2D eigenvalue weighted by atomic mass is 10.2. The predicted octanol–water partition coefficient (Wildman–Crippen LogP) is 1.73. The van der Waals surface area contributed by atoms with Gasteiger partial charge in [0.25, 0.3) is 0 Å². The third-order valence-electron chi connectivity index (χ3n) is 4.74. The second kappa shape index (κ2) is 7.58. The molecular formula is C18H27N2O2S+. The maximum Gasteiger partial charge on any atom is 0.236 e. The Morgan fingerprint density at radius 2 is 1.96 bits per heavy atom. The molecule has 0 spiro atoms. The summed E-state index contributed by atoms with van der Waals surface area (Å²) in [7, 11) is 0. The maximum absolute atomic E-state index is 12.5. The number of carbonyl (C=O) groups is 1. The molecule has 0 bridgehead atoms. The van der Waals surface area contributed by atoms with Gasteiger partial charge in [0.05, 0.1) is 38.0 Å². The summed E-state index contributed by atoms with van der Waals surface area (Å²) in [6.07, 6.45) is 2.66. The summed E-state index contributed by atoms with van der Waals surface area (Å²) in [5.41, 5.74) is 1.20. The van der Waals surface area contributed by atoms with Gasteiger partial charge in [-0.15, -0.1) is 11.8 Å². The topological polar surface area (TPSA) is 34.0 Å². The van der Waals surface area contributed by atoms with Gasteiger partial charge >= 0.3 is 0 Å². The quantitative estimate of drug-likeness (QED) is 0.860. The molecule has 3 rings (SSSR count). The molecule has 2 aliphatic heterocycles. The van der Waals surface area contributed by atoms with Crippen LogP contribution in [-0.4, -0.2) is 48.8 Å². The molecule has 1 N–H and O–H groups in total. The van der Waals surface area contributed by atoms with E-state index in [0.717, 1.165) is 18.8 Å². The van der Waals surface area contributed by atoms with Gasteiger partial charge in [-0.25, -0.2) is 0 Å². The number of hydrogen-bond donors (Lipinski definition) is 1. The van der Waals surface area contributed by atoms with E-state index in [-0.39, 0.29) is 16.5 Å². The Kier molecular flexibility index (Phi) is 5.49. The van der Waals surface area contributed by atoms with Crippen LogP contribution in [0.1, 0.15) is 37.6 Å². The first kappa shape index (κ1) is 16.7. The average Bonchev–Trinajstić information content (AvgIpc) is 3.16. The zero-order chi connectivity index (χ0) is 16.2. The molecule has 2 atom stereocenters. The highest BCUT2D eigenvalue weighted by Gasteiger charge is 2.38. The van der Waals surface area contributed by atoms with Crippen molar-refractivity contribution in [2.45, 2.75) is 37.3 Å². The van der Waals surface area contributed by atoms with Gasteiger partial charge in [-0.1, -0.05) is 12.1 Å². The number of nitrogens with zero attached hydrogens (tertiary/aromatic N) is 1. The number of rotatable bonds is 6. The Labute approximate surface area is 143 Å². The molecule has 2 fully saturated rings. The number of benzene rings is 1. The number of amides is 1. The van der Waals surface area contributed by atoms with Crippen molar-refractivity contribution in [3.05, 3.63) is 29.8 Å². The number of thioether (sulfide) groups is 1. The highest BCUT2D eigenvalue weighted by Crippen LogP contribution is 2.42. The van der Waals surface area contributed by atoms with Crippen molar-refractivity contribution in [2.75, 3.05) is 32.8 Å². The minimum Gasteiger partial charge on any atom is -0.494 e.